The molecule has 2 fully saturated rings. The maximum atomic E-state index is 6.15. The summed E-state index contributed by atoms with van der Waals surface area (Å²) in [5, 5.41) is 0. The van der Waals surface area contributed by atoms with Crippen molar-refractivity contribution >= 4 is 11.8 Å². The molecule has 0 aromatic carbocycles. The quantitative estimate of drug-likeness (QED) is 0.838. The van der Waals surface area contributed by atoms with Crippen LogP contribution in [-0.2, 0) is 0 Å². The molecule has 1 aliphatic carbocycles. The number of nitrogens with zero attached hydrogens (tertiary/aromatic N) is 1. The summed E-state index contributed by atoms with van der Waals surface area (Å²) >= 11 is 2.11. The highest BCUT2D eigenvalue weighted by Crippen LogP contribution is 2.39. The lowest BCUT2D eigenvalue weighted by molar-refractivity contribution is 0.0374. The molecular formula is C14H28N2S. The summed E-state index contributed by atoms with van der Waals surface area (Å²) in [5.74, 6) is 3.61. The van der Waals surface area contributed by atoms with Crippen LogP contribution in [0.2, 0.25) is 0 Å². The first-order valence-electron chi connectivity index (χ1n) is 7.22. The van der Waals surface area contributed by atoms with E-state index in [-0.39, 0.29) is 0 Å². The minimum atomic E-state index is 0.321. The van der Waals surface area contributed by atoms with Gasteiger partial charge in [0, 0.05) is 23.9 Å². The minimum Gasteiger partial charge on any atom is -0.329 e. The highest BCUT2D eigenvalue weighted by Gasteiger charge is 2.40. The van der Waals surface area contributed by atoms with Crippen LogP contribution in [0.1, 0.15) is 45.4 Å². The average Bonchev–Trinajstić information content (AvgIpc) is 2.92. The largest absolute Gasteiger partial charge is 0.329 e. The van der Waals surface area contributed by atoms with Crippen LogP contribution < -0.4 is 5.73 Å². The molecule has 2 rings (SSSR count). The van der Waals surface area contributed by atoms with Crippen LogP contribution in [0.25, 0.3) is 0 Å². The summed E-state index contributed by atoms with van der Waals surface area (Å²) in [5.41, 5.74) is 6.47. The van der Waals surface area contributed by atoms with Crippen LogP contribution in [0.5, 0.6) is 0 Å². The van der Waals surface area contributed by atoms with Gasteiger partial charge in [0.15, 0.2) is 0 Å². The Kier molecular flexibility index (Phi) is 4.79. The highest BCUT2D eigenvalue weighted by molar-refractivity contribution is 7.99. The van der Waals surface area contributed by atoms with Gasteiger partial charge in [0.05, 0.1) is 0 Å². The lowest BCUT2D eigenvalue weighted by Gasteiger charge is -2.48. The summed E-state index contributed by atoms with van der Waals surface area (Å²) in [6.45, 7) is 3.18. The average molecular weight is 256 g/mol. The van der Waals surface area contributed by atoms with Gasteiger partial charge in [-0.05, 0) is 50.8 Å². The van der Waals surface area contributed by atoms with Crippen molar-refractivity contribution in [3.8, 4) is 0 Å². The van der Waals surface area contributed by atoms with Gasteiger partial charge >= 0.3 is 0 Å². The molecule has 0 aromatic rings. The number of thioether (sulfide) groups is 1. The molecule has 0 spiro atoms. The van der Waals surface area contributed by atoms with Crippen molar-refractivity contribution in [1.29, 1.82) is 0 Å². The van der Waals surface area contributed by atoms with E-state index in [0.717, 1.165) is 18.5 Å². The van der Waals surface area contributed by atoms with E-state index in [1.54, 1.807) is 0 Å². The van der Waals surface area contributed by atoms with Gasteiger partial charge in [-0.15, -0.1) is 0 Å². The van der Waals surface area contributed by atoms with E-state index in [1.165, 1.54) is 50.0 Å². The molecule has 17 heavy (non-hydrogen) atoms. The summed E-state index contributed by atoms with van der Waals surface area (Å²) in [7, 11) is 2.33. The van der Waals surface area contributed by atoms with Crippen molar-refractivity contribution in [3.05, 3.63) is 0 Å². The van der Waals surface area contributed by atoms with E-state index >= 15 is 0 Å². The SMILES string of the molecule is CCC1CCC(CN)(N(C)C2CCSC2)CC1. The van der Waals surface area contributed by atoms with Gasteiger partial charge in [0.2, 0.25) is 0 Å². The number of likely N-dealkylation sites (N-methyl/N-ethyl adjacent to an activating group) is 1. The fourth-order valence-corrected chi connectivity index (χ4v) is 4.81. The van der Waals surface area contributed by atoms with E-state index in [4.69, 9.17) is 5.73 Å². The topological polar surface area (TPSA) is 29.3 Å². The van der Waals surface area contributed by atoms with Crippen LogP contribution in [0.4, 0.5) is 0 Å². The second kappa shape index (κ2) is 5.94. The molecule has 1 aliphatic heterocycles. The maximum Gasteiger partial charge on any atom is 0.0332 e. The van der Waals surface area contributed by atoms with Crippen molar-refractivity contribution in [2.24, 2.45) is 11.7 Å². The number of nitrogens with two attached hydrogens (primary N) is 1. The summed E-state index contributed by atoms with van der Waals surface area (Å²) < 4.78 is 0. The molecule has 1 heterocycles. The smallest absolute Gasteiger partial charge is 0.0332 e. The fourth-order valence-electron chi connectivity index (χ4n) is 3.54. The predicted octanol–water partition coefficient (Wildman–Crippen LogP) is 2.72. The molecule has 1 atom stereocenters. The van der Waals surface area contributed by atoms with Crippen LogP contribution in [0.3, 0.4) is 0 Å². The maximum absolute atomic E-state index is 6.15. The van der Waals surface area contributed by atoms with Crippen molar-refractivity contribution in [3.63, 3.8) is 0 Å². The molecule has 0 aromatic heterocycles. The molecule has 1 saturated carbocycles. The Morgan fingerprint density at radius 1 is 1.29 bits per heavy atom. The second-order valence-corrected chi connectivity index (χ2v) is 7.06. The standard InChI is InChI=1S/C14H28N2S/c1-3-12-4-7-14(11-15,8-5-12)16(2)13-6-9-17-10-13/h12-13H,3-11,15H2,1-2H3. The first-order valence-corrected chi connectivity index (χ1v) is 8.38. The Morgan fingerprint density at radius 3 is 2.47 bits per heavy atom. The van der Waals surface area contributed by atoms with Gasteiger partial charge < -0.3 is 5.73 Å². The Balaban J connectivity index is 1.99. The van der Waals surface area contributed by atoms with Crippen LogP contribution in [0, 0.1) is 5.92 Å². The molecular weight excluding hydrogens is 228 g/mol. The number of hydrogen-bond donors (Lipinski definition) is 1. The lowest BCUT2D eigenvalue weighted by atomic mass is 9.74. The van der Waals surface area contributed by atoms with Crippen LogP contribution in [0.15, 0.2) is 0 Å². The molecule has 2 N–H and O–H groups in total. The number of hydrogen-bond acceptors (Lipinski definition) is 3. The van der Waals surface area contributed by atoms with E-state index in [2.05, 4.69) is 30.6 Å². The van der Waals surface area contributed by atoms with Crippen molar-refractivity contribution < 1.29 is 0 Å². The first-order chi connectivity index (χ1) is 8.22. The lowest BCUT2D eigenvalue weighted by Crippen LogP contribution is -2.57. The Labute approximate surface area is 111 Å². The van der Waals surface area contributed by atoms with Crippen molar-refractivity contribution in [2.75, 3.05) is 25.1 Å². The molecule has 3 heteroatoms. The Bertz CT molecular complexity index is 230. The van der Waals surface area contributed by atoms with Crippen molar-refractivity contribution in [1.82, 2.24) is 4.90 Å². The monoisotopic (exact) mass is 256 g/mol. The van der Waals surface area contributed by atoms with Crippen LogP contribution >= 0.6 is 11.8 Å². The second-order valence-electron chi connectivity index (χ2n) is 5.91. The Morgan fingerprint density at radius 2 is 2.00 bits per heavy atom. The first kappa shape index (κ1) is 13.7. The normalized spacial score (nSPS) is 38.8. The van der Waals surface area contributed by atoms with Gasteiger partial charge in [0.25, 0.3) is 0 Å². The van der Waals surface area contributed by atoms with Gasteiger partial charge in [-0.3, -0.25) is 4.90 Å². The highest BCUT2D eigenvalue weighted by atomic mass is 32.2. The zero-order chi connectivity index (χ0) is 12.3. The summed E-state index contributed by atoms with van der Waals surface area (Å²) in [6.07, 6.45) is 8.12. The third kappa shape index (κ3) is 2.82. The van der Waals surface area contributed by atoms with Gasteiger partial charge in [-0.1, -0.05) is 13.3 Å². The van der Waals surface area contributed by atoms with Gasteiger partial charge in [-0.25, -0.2) is 0 Å². The van der Waals surface area contributed by atoms with E-state index in [9.17, 15) is 0 Å². The zero-order valence-corrected chi connectivity index (χ0v) is 12.3. The summed E-state index contributed by atoms with van der Waals surface area (Å²) in [6, 6.07) is 0.779. The third-order valence-corrected chi connectivity index (χ3v) is 6.34. The van der Waals surface area contributed by atoms with Gasteiger partial charge in [-0.2, -0.15) is 11.8 Å². The third-order valence-electron chi connectivity index (χ3n) is 5.19. The van der Waals surface area contributed by atoms with Crippen molar-refractivity contribution in [2.45, 2.75) is 57.0 Å². The molecule has 100 valence electrons. The van der Waals surface area contributed by atoms with E-state index in [0.29, 0.717) is 5.54 Å². The molecule has 2 aliphatic rings. The fraction of sp³-hybridized carbons (Fsp3) is 1.00. The van der Waals surface area contributed by atoms with E-state index in [1.807, 2.05) is 0 Å². The molecule has 2 nitrogen and oxygen atoms in total. The van der Waals surface area contributed by atoms with E-state index < -0.39 is 0 Å². The zero-order valence-electron chi connectivity index (χ0n) is 11.5. The number of rotatable bonds is 4. The molecule has 0 amide bonds. The molecule has 1 unspecified atom stereocenters. The molecule has 0 bridgehead atoms. The Hall–Kier alpha value is 0.270. The van der Waals surface area contributed by atoms with Gasteiger partial charge in [0.1, 0.15) is 0 Å². The molecule has 1 saturated heterocycles. The van der Waals surface area contributed by atoms with Crippen LogP contribution in [-0.4, -0.2) is 41.6 Å². The predicted molar refractivity (Wildman–Crippen MR) is 77.5 cm³/mol. The summed E-state index contributed by atoms with van der Waals surface area (Å²) in [4.78, 5) is 2.65. The molecule has 0 radical (unpaired) electrons. The minimum absolute atomic E-state index is 0.321.